The summed E-state index contributed by atoms with van der Waals surface area (Å²) in [5.74, 6) is 1.74. The van der Waals surface area contributed by atoms with Crippen LogP contribution in [0.1, 0.15) is 36.5 Å². The highest BCUT2D eigenvalue weighted by atomic mass is 16.5. The van der Waals surface area contributed by atoms with E-state index in [0.717, 1.165) is 30.0 Å². The van der Waals surface area contributed by atoms with Crippen LogP contribution >= 0.6 is 0 Å². The minimum Gasteiger partial charge on any atom is -0.493 e. The Morgan fingerprint density at radius 2 is 1.93 bits per heavy atom. The molecule has 0 spiro atoms. The zero-order valence-electron chi connectivity index (χ0n) is 17.2. The predicted molar refractivity (Wildman–Crippen MR) is 116 cm³/mol. The van der Waals surface area contributed by atoms with Gasteiger partial charge in [0.2, 0.25) is 5.88 Å². The molecule has 1 aromatic heterocycles. The molecule has 0 N–H and O–H groups in total. The second kappa shape index (κ2) is 7.98. The van der Waals surface area contributed by atoms with Crippen LogP contribution in [0.3, 0.4) is 0 Å². The van der Waals surface area contributed by atoms with Crippen molar-refractivity contribution in [2.75, 3.05) is 13.2 Å². The first-order valence-corrected chi connectivity index (χ1v) is 10.8. The lowest BCUT2D eigenvalue weighted by Crippen LogP contribution is -2.37. The van der Waals surface area contributed by atoms with Crippen molar-refractivity contribution < 1.29 is 14.3 Å². The molecule has 0 radical (unpaired) electrons. The minimum atomic E-state index is 0.0862. The summed E-state index contributed by atoms with van der Waals surface area (Å²) in [4.78, 5) is 20.2. The fourth-order valence-corrected chi connectivity index (χ4v) is 5.11. The number of carbonyl (C=O) groups is 1. The van der Waals surface area contributed by atoms with Crippen molar-refractivity contribution in [2.45, 2.75) is 38.3 Å². The Morgan fingerprint density at radius 3 is 2.77 bits per heavy atom. The number of rotatable bonds is 6. The van der Waals surface area contributed by atoms with Crippen molar-refractivity contribution in [3.8, 4) is 11.6 Å². The molecule has 2 aliphatic heterocycles. The van der Waals surface area contributed by atoms with E-state index in [9.17, 15) is 4.79 Å². The summed E-state index contributed by atoms with van der Waals surface area (Å²) in [5.41, 5.74) is 0.693. The largest absolute Gasteiger partial charge is 0.493 e. The van der Waals surface area contributed by atoms with Crippen LogP contribution in [-0.2, 0) is 0 Å². The van der Waals surface area contributed by atoms with Crippen LogP contribution in [0.15, 0.2) is 60.8 Å². The van der Waals surface area contributed by atoms with E-state index < -0.39 is 0 Å². The molecule has 2 saturated heterocycles. The number of ether oxygens (including phenoxy) is 2. The third kappa shape index (κ3) is 3.28. The first kappa shape index (κ1) is 18.9. The van der Waals surface area contributed by atoms with Crippen molar-refractivity contribution in [2.24, 2.45) is 5.92 Å². The van der Waals surface area contributed by atoms with E-state index >= 15 is 0 Å². The number of nitrogens with zero attached hydrogens (tertiary/aromatic N) is 2. The Morgan fingerprint density at radius 1 is 1.07 bits per heavy atom. The van der Waals surface area contributed by atoms with Gasteiger partial charge in [0.05, 0.1) is 18.8 Å². The van der Waals surface area contributed by atoms with E-state index in [1.807, 2.05) is 61.5 Å². The van der Waals surface area contributed by atoms with E-state index in [0.29, 0.717) is 36.3 Å². The molecule has 2 bridgehead atoms. The Labute approximate surface area is 176 Å². The molecule has 154 valence electrons. The van der Waals surface area contributed by atoms with Crippen LogP contribution in [0.4, 0.5) is 0 Å². The van der Waals surface area contributed by atoms with Crippen LogP contribution in [0.25, 0.3) is 10.8 Å². The standard InChI is InChI=1S/C25H26N2O3/c1-2-29-22-13-10-17-7-3-4-8-20(17)24(22)25(28)27-19-11-12-21(27)18(15-19)16-30-23-9-5-6-14-26-23/h3-10,13-14,18-19,21H,2,11-12,15-16H2,1H3. The van der Waals surface area contributed by atoms with Crippen molar-refractivity contribution in [3.63, 3.8) is 0 Å². The van der Waals surface area contributed by atoms with Gasteiger partial charge >= 0.3 is 0 Å². The highest BCUT2D eigenvalue weighted by Gasteiger charge is 2.49. The van der Waals surface area contributed by atoms with Crippen LogP contribution in [0, 0.1) is 5.92 Å². The summed E-state index contributed by atoms with van der Waals surface area (Å²) >= 11 is 0. The minimum absolute atomic E-state index is 0.0862. The van der Waals surface area contributed by atoms with E-state index in [4.69, 9.17) is 9.47 Å². The zero-order chi connectivity index (χ0) is 20.5. The van der Waals surface area contributed by atoms with Gasteiger partial charge in [0.1, 0.15) is 5.75 Å². The molecule has 0 aliphatic carbocycles. The predicted octanol–water partition coefficient (Wildman–Crippen LogP) is 4.71. The number of fused-ring (bicyclic) bond motifs is 3. The van der Waals surface area contributed by atoms with Crippen LogP contribution in [0.5, 0.6) is 11.6 Å². The first-order chi connectivity index (χ1) is 14.8. The maximum Gasteiger partial charge on any atom is 0.258 e. The van der Waals surface area contributed by atoms with Crippen LogP contribution in [-0.4, -0.2) is 41.1 Å². The van der Waals surface area contributed by atoms with E-state index in [1.54, 1.807) is 6.20 Å². The summed E-state index contributed by atoms with van der Waals surface area (Å²) in [6.45, 7) is 3.08. The monoisotopic (exact) mass is 402 g/mol. The third-order valence-corrected chi connectivity index (χ3v) is 6.39. The van der Waals surface area contributed by atoms with Crippen LogP contribution in [0.2, 0.25) is 0 Å². The average molecular weight is 402 g/mol. The van der Waals surface area contributed by atoms with Gasteiger partial charge in [-0.25, -0.2) is 4.98 Å². The Bertz CT molecular complexity index is 1050. The zero-order valence-corrected chi connectivity index (χ0v) is 17.2. The lowest BCUT2D eigenvalue weighted by molar-refractivity contribution is 0.0708. The first-order valence-electron chi connectivity index (χ1n) is 10.8. The van der Waals surface area contributed by atoms with Gasteiger partial charge in [0.15, 0.2) is 0 Å². The molecule has 2 aromatic carbocycles. The third-order valence-electron chi connectivity index (χ3n) is 6.39. The van der Waals surface area contributed by atoms with Gasteiger partial charge in [-0.3, -0.25) is 4.79 Å². The van der Waals surface area contributed by atoms with Crippen LogP contribution < -0.4 is 9.47 Å². The van der Waals surface area contributed by atoms with Gasteiger partial charge in [-0.15, -0.1) is 0 Å². The summed E-state index contributed by atoms with van der Waals surface area (Å²) in [5, 5.41) is 2.02. The smallest absolute Gasteiger partial charge is 0.258 e. The number of aromatic nitrogens is 1. The average Bonchev–Trinajstić information content (AvgIpc) is 3.36. The molecule has 0 saturated carbocycles. The summed E-state index contributed by atoms with van der Waals surface area (Å²) < 4.78 is 11.8. The second-order valence-corrected chi connectivity index (χ2v) is 8.08. The molecular formula is C25H26N2O3. The molecule has 5 nitrogen and oxygen atoms in total. The number of carbonyl (C=O) groups excluding carboxylic acids is 1. The number of pyridine rings is 1. The van der Waals surface area contributed by atoms with Gasteiger partial charge in [-0.1, -0.05) is 36.4 Å². The molecule has 5 rings (SSSR count). The van der Waals surface area contributed by atoms with Crippen molar-refractivity contribution >= 4 is 16.7 Å². The Hall–Kier alpha value is -3.08. The topological polar surface area (TPSA) is 51.7 Å². The Kier molecular flexibility index (Phi) is 5.03. The van der Waals surface area contributed by atoms with Gasteiger partial charge in [0, 0.05) is 30.3 Å². The normalized spacial score (nSPS) is 22.4. The summed E-state index contributed by atoms with van der Waals surface area (Å²) in [7, 11) is 0. The quantitative estimate of drug-likeness (QED) is 0.599. The van der Waals surface area contributed by atoms with Gasteiger partial charge in [-0.2, -0.15) is 0 Å². The highest BCUT2D eigenvalue weighted by molar-refractivity contribution is 6.09. The molecule has 3 unspecified atom stereocenters. The fraction of sp³-hybridized carbons (Fsp3) is 0.360. The lowest BCUT2D eigenvalue weighted by Gasteiger charge is -2.26. The van der Waals surface area contributed by atoms with Gasteiger partial charge < -0.3 is 14.4 Å². The van der Waals surface area contributed by atoms with Gasteiger partial charge in [-0.05, 0) is 49.1 Å². The lowest BCUT2D eigenvalue weighted by atomic mass is 9.90. The molecule has 3 aromatic rings. The number of hydrogen-bond acceptors (Lipinski definition) is 4. The molecular weight excluding hydrogens is 376 g/mol. The van der Waals surface area contributed by atoms with E-state index in [1.165, 1.54) is 0 Å². The number of benzene rings is 2. The Balaban J connectivity index is 1.42. The SMILES string of the molecule is CCOc1ccc2ccccc2c1C(=O)N1C2CCC1C(COc1ccccn1)C2. The number of amides is 1. The fourth-order valence-electron chi connectivity index (χ4n) is 5.11. The van der Waals surface area contributed by atoms with Crippen molar-refractivity contribution in [1.82, 2.24) is 9.88 Å². The maximum absolute atomic E-state index is 13.8. The molecule has 3 atom stereocenters. The summed E-state index contributed by atoms with van der Waals surface area (Å²) in [6.07, 6.45) is 4.81. The molecule has 5 heteroatoms. The maximum atomic E-state index is 13.8. The van der Waals surface area contributed by atoms with Gasteiger partial charge in [0.25, 0.3) is 5.91 Å². The molecule has 30 heavy (non-hydrogen) atoms. The van der Waals surface area contributed by atoms with E-state index in [-0.39, 0.29) is 18.0 Å². The van der Waals surface area contributed by atoms with Crippen molar-refractivity contribution in [1.29, 1.82) is 0 Å². The molecule has 2 aliphatic rings. The molecule has 2 fully saturated rings. The molecule has 3 heterocycles. The van der Waals surface area contributed by atoms with Crippen molar-refractivity contribution in [3.05, 3.63) is 66.4 Å². The summed E-state index contributed by atoms with van der Waals surface area (Å²) in [6, 6.07) is 18.2. The van der Waals surface area contributed by atoms with E-state index in [2.05, 4.69) is 9.88 Å². The second-order valence-electron chi connectivity index (χ2n) is 8.08. The highest BCUT2D eigenvalue weighted by Crippen LogP contribution is 2.44. The molecule has 1 amide bonds. The number of hydrogen-bond donors (Lipinski definition) is 0.